The van der Waals surface area contributed by atoms with Gasteiger partial charge in [0.05, 0.1) is 0 Å². The van der Waals surface area contributed by atoms with Crippen LogP contribution in [0.1, 0.15) is 5.56 Å². The third-order valence-corrected chi connectivity index (χ3v) is 1.69. The summed E-state index contributed by atoms with van der Waals surface area (Å²) in [5.74, 6) is 0. The number of nitrogens with one attached hydrogen (secondary N) is 1. The fourth-order valence-corrected chi connectivity index (χ4v) is 0.930. The van der Waals surface area contributed by atoms with Gasteiger partial charge < -0.3 is 10.8 Å². The Kier molecular flexibility index (Phi) is 2.67. The van der Waals surface area contributed by atoms with Crippen molar-refractivity contribution >= 4 is 15.1 Å². The quantitative estimate of drug-likeness (QED) is 0.631. The van der Waals surface area contributed by atoms with Crippen LogP contribution in [0.3, 0.4) is 0 Å². The first-order valence-corrected chi connectivity index (χ1v) is 3.70. The van der Waals surface area contributed by atoms with Crippen molar-refractivity contribution in [2.24, 2.45) is 5.73 Å². The second-order valence-electron chi connectivity index (χ2n) is 2.05. The molecular formula is C7H11N2P. The number of benzene rings is 1. The lowest BCUT2D eigenvalue weighted by atomic mass is 10.2. The standard InChI is InChI=1S/C7H11N2P/c8-5-6-1-3-7(9-10)4-2-6/h1-4,9H,5,8,10H2. The van der Waals surface area contributed by atoms with Crippen LogP contribution in [0.2, 0.25) is 0 Å². The van der Waals surface area contributed by atoms with Crippen molar-refractivity contribution in [1.29, 1.82) is 0 Å². The largest absolute Gasteiger partial charge is 0.369 e. The van der Waals surface area contributed by atoms with Gasteiger partial charge in [0.15, 0.2) is 0 Å². The van der Waals surface area contributed by atoms with E-state index in [1.54, 1.807) is 0 Å². The van der Waals surface area contributed by atoms with Crippen LogP contribution in [0.4, 0.5) is 5.69 Å². The van der Waals surface area contributed by atoms with Gasteiger partial charge in [-0.2, -0.15) is 0 Å². The monoisotopic (exact) mass is 154 g/mol. The van der Waals surface area contributed by atoms with Gasteiger partial charge in [-0.25, -0.2) is 0 Å². The summed E-state index contributed by atoms with van der Waals surface area (Å²) in [6.45, 7) is 0.608. The zero-order valence-corrected chi connectivity index (χ0v) is 6.83. The Labute approximate surface area is 63.1 Å². The molecule has 1 aromatic rings. The fraction of sp³-hybridized carbons (Fsp3) is 0.143. The van der Waals surface area contributed by atoms with Crippen molar-refractivity contribution in [1.82, 2.24) is 0 Å². The van der Waals surface area contributed by atoms with Gasteiger partial charge in [0.2, 0.25) is 0 Å². The summed E-state index contributed by atoms with van der Waals surface area (Å²) in [5, 5.41) is 2.95. The maximum atomic E-state index is 5.42. The highest BCUT2D eigenvalue weighted by Gasteiger charge is 1.87. The first-order chi connectivity index (χ1) is 4.86. The topological polar surface area (TPSA) is 38.0 Å². The average Bonchev–Trinajstić information content (AvgIpc) is 2.05. The van der Waals surface area contributed by atoms with Gasteiger partial charge in [-0.05, 0) is 27.1 Å². The zero-order chi connectivity index (χ0) is 7.40. The lowest BCUT2D eigenvalue weighted by Crippen LogP contribution is -1.95. The summed E-state index contributed by atoms with van der Waals surface area (Å²) >= 11 is 0. The zero-order valence-electron chi connectivity index (χ0n) is 5.67. The molecule has 0 radical (unpaired) electrons. The predicted octanol–water partition coefficient (Wildman–Crippen LogP) is 1.35. The minimum absolute atomic E-state index is 0.608. The third kappa shape index (κ3) is 1.69. The lowest BCUT2D eigenvalue weighted by Gasteiger charge is -1.99. The van der Waals surface area contributed by atoms with E-state index in [4.69, 9.17) is 5.73 Å². The normalized spacial score (nSPS) is 9.40. The SMILES string of the molecule is NCc1ccc(NP)cc1. The van der Waals surface area contributed by atoms with Crippen LogP contribution in [-0.4, -0.2) is 0 Å². The van der Waals surface area contributed by atoms with Gasteiger partial charge in [-0.1, -0.05) is 12.1 Å². The highest BCUT2D eigenvalue weighted by Crippen LogP contribution is 2.09. The molecule has 1 unspecified atom stereocenters. The summed E-state index contributed by atoms with van der Waals surface area (Å²) in [4.78, 5) is 0. The fourth-order valence-electron chi connectivity index (χ4n) is 0.737. The Hall–Kier alpha value is -0.590. The molecule has 2 nitrogen and oxygen atoms in total. The van der Waals surface area contributed by atoms with Crippen molar-refractivity contribution in [2.75, 3.05) is 5.09 Å². The third-order valence-electron chi connectivity index (χ3n) is 1.36. The van der Waals surface area contributed by atoms with E-state index in [1.807, 2.05) is 24.3 Å². The van der Waals surface area contributed by atoms with Crippen LogP contribution in [0.25, 0.3) is 0 Å². The van der Waals surface area contributed by atoms with E-state index in [-0.39, 0.29) is 0 Å². The van der Waals surface area contributed by atoms with Gasteiger partial charge in [-0.3, -0.25) is 0 Å². The minimum atomic E-state index is 0.608. The van der Waals surface area contributed by atoms with Gasteiger partial charge >= 0.3 is 0 Å². The maximum Gasteiger partial charge on any atom is 0.0368 e. The Bertz CT molecular complexity index is 172. The average molecular weight is 154 g/mol. The maximum absolute atomic E-state index is 5.42. The number of hydrogen-bond acceptors (Lipinski definition) is 2. The summed E-state index contributed by atoms with van der Waals surface area (Å²) < 4.78 is 0. The molecule has 0 aliphatic heterocycles. The van der Waals surface area contributed by atoms with E-state index < -0.39 is 0 Å². The Morgan fingerprint density at radius 2 is 1.90 bits per heavy atom. The summed E-state index contributed by atoms with van der Waals surface area (Å²) in [6.07, 6.45) is 0. The van der Waals surface area contributed by atoms with Crippen molar-refractivity contribution in [3.63, 3.8) is 0 Å². The summed E-state index contributed by atoms with van der Waals surface area (Å²) in [6, 6.07) is 8.00. The molecule has 0 saturated heterocycles. The van der Waals surface area contributed by atoms with Gasteiger partial charge in [0, 0.05) is 12.2 Å². The van der Waals surface area contributed by atoms with Gasteiger partial charge in [0.1, 0.15) is 0 Å². The highest BCUT2D eigenvalue weighted by atomic mass is 31.0. The molecule has 1 aromatic carbocycles. The van der Waals surface area contributed by atoms with E-state index in [0.717, 1.165) is 11.3 Å². The van der Waals surface area contributed by atoms with Crippen molar-refractivity contribution in [3.05, 3.63) is 29.8 Å². The molecule has 0 spiro atoms. The molecule has 0 bridgehead atoms. The van der Waals surface area contributed by atoms with Crippen molar-refractivity contribution in [2.45, 2.75) is 6.54 Å². The summed E-state index contributed by atoms with van der Waals surface area (Å²) in [7, 11) is 2.44. The second-order valence-corrected chi connectivity index (χ2v) is 2.33. The Morgan fingerprint density at radius 3 is 2.30 bits per heavy atom. The molecule has 10 heavy (non-hydrogen) atoms. The lowest BCUT2D eigenvalue weighted by molar-refractivity contribution is 1.07. The molecule has 1 atom stereocenters. The van der Waals surface area contributed by atoms with Crippen molar-refractivity contribution in [3.8, 4) is 0 Å². The minimum Gasteiger partial charge on any atom is -0.369 e. The summed E-state index contributed by atoms with van der Waals surface area (Å²) in [5.41, 5.74) is 7.66. The molecule has 0 heterocycles. The first-order valence-electron chi connectivity index (χ1n) is 3.12. The molecule has 3 N–H and O–H groups in total. The Morgan fingerprint density at radius 1 is 1.30 bits per heavy atom. The van der Waals surface area contributed by atoms with E-state index in [1.165, 1.54) is 0 Å². The number of rotatable bonds is 2. The predicted molar refractivity (Wildman–Crippen MR) is 47.7 cm³/mol. The van der Waals surface area contributed by atoms with Crippen LogP contribution in [0, 0.1) is 0 Å². The van der Waals surface area contributed by atoms with E-state index in [2.05, 4.69) is 14.5 Å². The van der Waals surface area contributed by atoms with Crippen LogP contribution in [0.15, 0.2) is 24.3 Å². The van der Waals surface area contributed by atoms with Crippen LogP contribution in [-0.2, 0) is 6.54 Å². The first kappa shape index (κ1) is 7.52. The molecular weight excluding hydrogens is 143 g/mol. The Balaban J connectivity index is 2.80. The van der Waals surface area contributed by atoms with E-state index in [9.17, 15) is 0 Å². The number of nitrogens with two attached hydrogens (primary N) is 1. The van der Waals surface area contributed by atoms with Crippen LogP contribution in [0.5, 0.6) is 0 Å². The molecule has 1 rings (SSSR count). The second kappa shape index (κ2) is 3.55. The van der Waals surface area contributed by atoms with Crippen molar-refractivity contribution < 1.29 is 0 Å². The molecule has 54 valence electrons. The van der Waals surface area contributed by atoms with E-state index in [0.29, 0.717) is 6.54 Å². The molecule has 0 amide bonds. The molecule has 0 saturated carbocycles. The smallest absolute Gasteiger partial charge is 0.0368 e. The molecule has 0 aliphatic rings. The molecule has 0 fully saturated rings. The number of anilines is 1. The highest BCUT2D eigenvalue weighted by molar-refractivity contribution is 7.18. The van der Waals surface area contributed by atoms with Gasteiger partial charge in [-0.15, -0.1) is 0 Å². The van der Waals surface area contributed by atoms with E-state index >= 15 is 0 Å². The molecule has 0 aromatic heterocycles. The molecule has 0 aliphatic carbocycles. The molecule has 3 heteroatoms. The van der Waals surface area contributed by atoms with Crippen LogP contribution < -0.4 is 10.8 Å². The van der Waals surface area contributed by atoms with Crippen LogP contribution >= 0.6 is 9.39 Å². The number of hydrogen-bond donors (Lipinski definition) is 2. The van der Waals surface area contributed by atoms with Gasteiger partial charge in [0.25, 0.3) is 0 Å².